The molecule has 0 aliphatic carbocycles. The number of nitrogens with zero attached hydrogens (tertiary/aromatic N) is 2. The van der Waals surface area contributed by atoms with Crippen molar-refractivity contribution in [1.82, 2.24) is 15.2 Å². The third-order valence-corrected chi connectivity index (χ3v) is 4.57. The molecule has 2 N–H and O–H groups in total. The molecule has 1 unspecified atom stereocenters. The molecule has 108 valence electrons. The Morgan fingerprint density at radius 3 is 3.00 bits per heavy atom. The summed E-state index contributed by atoms with van der Waals surface area (Å²) in [5.41, 5.74) is 2.47. The summed E-state index contributed by atoms with van der Waals surface area (Å²) < 4.78 is 2.24. The lowest BCUT2D eigenvalue weighted by atomic mass is 10.1. The summed E-state index contributed by atoms with van der Waals surface area (Å²) in [7, 11) is 4.37. The van der Waals surface area contributed by atoms with Crippen molar-refractivity contribution in [3.63, 3.8) is 0 Å². The van der Waals surface area contributed by atoms with E-state index in [9.17, 15) is 0 Å². The molecule has 2 heterocycles. The summed E-state index contributed by atoms with van der Waals surface area (Å²) in [6, 6.07) is 9.23. The smallest absolute Gasteiger partial charge is 0.269 e. The number of benzene rings is 1. The van der Waals surface area contributed by atoms with Gasteiger partial charge in [0.15, 0.2) is 11.0 Å². The van der Waals surface area contributed by atoms with E-state index in [1.165, 1.54) is 42.7 Å². The first-order valence-electron chi connectivity index (χ1n) is 7.62. The maximum absolute atomic E-state index is 3.57. The van der Waals surface area contributed by atoms with Crippen LogP contribution in [0, 0.1) is 0 Å². The Hall–Kier alpha value is -1.39. The third kappa shape index (κ3) is 2.72. The molecule has 1 aromatic heterocycles. The molecule has 0 spiro atoms. The highest BCUT2D eigenvalue weighted by Crippen LogP contribution is 2.17. The normalized spacial score (nSPS) is 20.0. The van der Waals surface area contributed by atoms with Crippen LogP contribution in [0.1, 0.15) is 25.1 Å². The van der Waals surface area contributed by atoms with Crippen molar-refractivity contribution in [2.75, 3.05) is 20.1 Å². The SMILES string of the molecule is CN1CCCC1CCNCc1[nH]c2ccccc2[n+]1C. The molecule has 1 aliphatic rings. The van der Waals surface area contributed by atoms with Crippen LogP contribution in [0.15, 0.2) is 24.3 Å². The first kappa shape index (κ1) is 13.6. The number of hydrogen-bond acceptors (Lipinski definition) is 2. The number of aromatic amines is 1. The Morgan fingerprint density at radius 2 is 2.25 bits per heavy atom. The van der Waals surface area contributed by atoms with Gasteiger partial charge in [-0.25, -0.2) is 9.55 Å². The summed E-state index contributed by atoms with van der Waals surface area (Å²) >= 11 is 0. The molecule has 1 fully saturated rings. The first-order valence-corrected chi connectivity index (χ1v) is 7.62. The highest BCUT2D eigenvalue weighted by Gasteiger charge is 2.20. The van der Waals surface area contributed by atoms with Crippen LogP contribution in [-0.4, -0.2) is 36.1 Å². The molecule has 0 bridgehead atoms. The maximum Gasteiger partial charge on any atom is 0.269 e. The van der Waals surface area contributed by atoms with E-state index in [2.05, 4.69) is 58.1 Å². The van der Waals surface area contributed by atoms with E-state index in [0.717, 1.165) is 19.1 Å². The fourth-order valence-electron chi connectivity index (χ4n) is 3.24. The van der Waals surface area contributed by atoms with Crippen LogP contribution in [0.4, 0.5) is 0 Å². The lowest BCUT2D eigenvalue weighted by molar-refractivity contribution is -0.653. The topological polar surface area (TPSA) is 34.9 Å². The molecule has 4 nitrogen and oxygen atoms in total. The number of H-pyrrole nitrogens is 1. The molecule has 3 rings (SSSR count). The van der Waals surface area contributed by atoms with Gasteiger partial charge in [0, 0.05) is 6.04 Å². The van der Waals surface area contributed by atoms with Crippen LogP contribution in [-0.2, 0) is 13.6 Å². The summed E-state index contributed by atoms with van der Waals surface area (Å²) in [4.78, 5) is 5.98. The quantitative estimate of drug-likeness (QED) is 0.640. The van der Waals surface area contributed by atoms with Gasteiger partial charge in [0.05, 0.1) is 13.6 Å². The number of para-hydroxylation sites is 2. The highest BCUT2D eigenvalue weighted by molar-refractivity contribution is 5.70. The van der Waals surface area contributed by atoms with Gasteiger partial charge in [-0.15, -0.1) is 0 Å². The van der Waals surface area contributed by atoms with Gasteiger partial charge >= 0.3 is 0 Å². The van der Waals surface area contributed by atoms with Crippen molar-refractivity contribution in [3.05, 3.63) is 30.1 Å². The predicted octanol–water partition coefficient (Wildman–Crippen LogP) is 1.57. The van der Waals surface area contributed by atoms with E-state index in [4.69, 9.17) is 0 Å². The van der Waals surface area contributed by atoms with Crippen LogP contribution in [0.25, 0.3) is 11.0 Å². The Kier molecular flexibility index (Phi) is 4.03. The van der Waals surface area contributed by atoms with Crippen LogP contribution < -0.4 is 9.88 Å². The number of imidazole rings is 1. The summed E-state index contributed by atoms with van der Waals surface area (Å²) in [6.45, 7) is 3.26. The molecule has 1 saturated heterocycles. The molecule has 2 aromatic rings. The van der Waals surface area contributed by atoms with E-state index in [0.29, 0.717) is 0 Å². The van der Waals surface area contributed by atoms with Crippen molar-refractivity contribution in [3.8, 4) is 0 Å². The van der Waals surface area contributed by atoms with Crippen molar-refractivity contribution in [2.24, 2.45) is 7.05 Å². The molecule has 20 heavy (non-hydrogen) atoms. The zero-order valence-corrected chi connectivity index (χ0v) is 12.5. The van der Waals surface area contributed by atoms with Crippen molar-refractivity contribution >= 4 is 11.0 Å². The number of aryl methyl sites for hydroxylation is 1. The molecular formula is C16H25N4+. The zero-order valence-electron chi connectivity index (χ0n) is 12.5. The van der Waals surface area contributed by atoms with Crippen LogP contribution >= 0.6 is 0 Å². The predicted molar refractivity (Wildman–Crippen MR) is 81.5 cm³/mol. The van der Waals surface area contributed by atoms with E-state index < -0.39 is 0 Å². The van der Waals surface area contributed by atoms with Gasteiger partial charge in [-0.3, -0.25) is 0 Å². The van der Waals surface area contributed by atoms with Gasteiger partial charge in [0.25, 0.3) is 5.82 Å². The number of likely N-dealkylation sites (tertiary alicyclic amines) is 1. The van der Waals surface area contributed by atoms with Crippen LogP contribution in [0.2, 0.25) is 0 Å². The molecule has 0 radical (unpaired) electrons. The second kappa shape index (κ2) is 5.94. The minimum atomic E-state index is 0.777. The molecule has 1 atom stereocenters. The lowest BCUT2D eigenvalue weighted by Gasteiger charge is -2.18. The average molecular weight is 273 g/mol. The fourth-order valence-corrected chi connectivity index (χ4v) is 3.24. The third-order valence-electron chi connectivity index (χ3n) is 4.57. The fraction of sp³-hybridized carbons (Fsp3) is 0.562. The van der Waals surface area contributed by atoms with Gasteiger partial charge < -0.3 is 10.2 Å². The van der Waals surface area contributed by atoms with E-state index >= 15 is 0 Å². The Morgan fingerprint density at radius 1 is 1.40 bits per heavy atom. The van der Waals surface area contributed by atoms with Gasteiger partial charge in [-0.2, -0.15) is 0 Å². The maximum atomic E-state index is 3.57. The van der Waals surface area contributed by atoms with Crippen molar-refractivity contribution in [1.29, 1.82) is 0 Å². The Bertz CT molecular complexity index is 575. The largest absolute Gasteiger partial charge is 0.306 e. The Labute approximate surface area is 120 Å². The summed E-state index contributed by atoms with van der Waals surface area (Å²) in [6.07, 6.45) is 3.97. The van der Waals surface area contributed by atoms with Gasteiger partial charge in [0.2, 0.25) is 0 Å². The highest BCUT2D eigenvalue weighted by atomic mass is 15.1. The number of hydrogen-bond donors (Lipinski definition) is 2. The van der Waals surface area contributed by atoms with E-state index in [-0.39, 0.29) is 0 Å². The zero-order chi connectivity index (χ0) is 13.9. The average Bonchev–Trinajstić information content (AvgIpc) is 3.00. The number of rotatable bonds is 5. The van der Waals surface area contributed by atoms with E-state index in [1.54, 1.807) is 0 Å². The molecule has 1 aliphatic heterocycles. The van der Waals surface area contributed by atoms with Crippen LogP contribution in [0.5, 0.6) is 0 Å². The standard InChI is InChI=1S/C16H24N4/c1-19-11-5-6-13(19)9-10-17-12-16-18-14-7-3-4-8-15(14)20(16)2/h3-4,7-8,13,17H,5-6,9-12H2,1-2H3/p+1. The lowest BCUT2D eigenvalue weighted by Crippen LogP contribution is -2.35. The van der Waals surface area contributed by atoms with E-state index in [1.807, 2.05) is 0 Å². The summed E-state index contributed by atoms with van der Waals surface area (Å²) in [5.74, 6) is 1.24. The number of aromatic nitrogens is 2. The minimum Gasteiger partial charge on any atom is -0.306 e. The van der Waals surface area contributed by atoms with Crippen LogP contribution in [0.3, 0.4) is 0 Å². The molecule has 4 heteroatoms. The number of fused-ring (bicyclic) bond motifs is 1. The summed E-state index contributed by atoms with van der Waals surface area (Å²) in [5, 5.41) is 3.57. The first-order chi connectivity index (χ1) is 9.75. The second-order valence-electron chi connectivity index (χ2n) is 5.89. The second-order valence-corrected chi connectivity index (χ2v) is 5.89. The van der Waals surface area contributed by atoms with Gasteiger partial charge in [-0.05, 0) is 51.5 Å². The van der Waals surface area contributed by atoms with Crippen molar-refractivity contribution in [2.45, 2.75) is 31.8 Å². The molecule has 0 amide bonds. The van der Waals surface area contributed by atoms with Crippen molar-refractivity contribution < 1.29 is 4.57 Å². The van der Waals surface area contributed by atoms with Gasteiger partial charge in [-0.1, -0.05) is 12.1 Å². The minimum absolute atomic E-state index is 0.777. The molecule has 1 aromatic carbocycles. The molecular weight excluding hydrogens is 248 g/mol. The molecule has 0 saturated carbocycles. The van der Waals surface area contributed by atoms with Gasteiger partial charge in [0.1, 0.15) is 0 Å². The monoisotopic (exact) mass is 273 g/mol. The Balaban J connectivity index is 1.53. The number of nitrogens with one attached hydrogen (secondary N) is 2.